The van der Waals surface area contributed by atoms with Crippen molar-refractivity contribution in [3.63, 3.8) is 0 Å². The van der Waals surface area contributed by atoms with Crippen molar-refractivity contribution in [1.29, 1.82) is 0 Å². The average molecular weight is 577 g/mol. The number of hydrogen-bond donors (Lipinski definition) is 1. The summed E-state index contributed by atoms with van der Waals surface area (Å²) in [6, 6.07) is 8.45. The second kappa shape index (κ2) is 11.8. The number of fused-ring (bicyclic) bond motifs is 1. The number of hydrogen-bond acceptors (Lipinski definition) is 4. The van der Waals surface area contributed by atoms with Gasteiger partial charge in [-0.15, -0.1) is 23.2 Å². The Morgan fingerprint density at radius 2 is 2.09 bits per heavy atom. The zero-order valence-electron chi connectivity index (χ0n) is 19.7. The first-order chi connectivity index (χ1) is 15.7. The minimum absolute atomic E-state index is 0.110. The Morgan fingerprint density at radius 3 is 2.82 bits per heavy atom. The van der Waals surface area contributed by atoms with Gasteiger partial charge in [0.2, 0.25) is 0 Å². The van der Waals surface area contributed by atoms with Gasteiger partial charge in [0, 0.05) is 40.2 Å². The van der Waals surface area contributed by atoms with Gasteiger partial charge in [-0.05, 0) is 78.1 Å². The molecule has 1 aromatic carbocycles. The van der Waals surface area contributed by atoms with E-state index in [0.29, 0.717) is 25.7 Å². The van der Waals surface area contributed by atoms with E-state index in [4.69, 9.17) is 0 Å². The van der Waals surface area contributed by atoms with Crippen LogP contribution in [-0.4, -0.2) is 20.8 Å². The van der Waals surface area contributed by atoms with Crippen LogP contribution in [0, 0.1) is 36.0 Å². The molecule has 0 bridgehead atoms. The van der Waals surface area contributed by atoms with Crippen LogP contribution in [0.5, 0.6) is 0 Å². The Kier molecular flexibility index (Phi) is 9.32. The fourth-order valence-electron chi connectivity index (χ4n) is 4.67. The van der Waals surface area contributed by atoms with Gasteiger partial charge in [-0.2, -0.15) is 0 Å². The predicted molar refractivity (Wildman–Crippen MR) is 146 cm³/mol. The molecule has 1 N–H and O–H groups in total. The molecule has 1 heterocycles. The lowest BCUT2D eigenvalue weighted by Gasteiger charge is -2.14. The minimum atomic E-state index is -0.522. The summed E-state index contributed by atoms with van der Waals surface area (Å²) in [6.45, 7) is 6.18. The third kappa shape index (κ3) is 7.00. The number of rotatable bonds is 9. The summed E-state index contributed by atoms with van der Waals surface area (Å²) in [7, 11) is 0. The van der Waals surface area contributed by atoms with Gasteiger partial charge >= 0.3 is 0 Å². The highest BCUT2D eigenvalue weighted by atomic mass is 127. The zero-order chi connectivity index (χ0) is 24.0. The summed E-state index contributed by atoms with van der Waals surface area (Å²) in [5, 5.41) is 11.9. The second-order valence-corrected chi connectivity index (χ2v) is 12.0. The monoisotopic (exact) mass is 576 g/mol. The van der Waals surface area contributed by atoms with E-state index in [-0.39, 0.29) is 26.8 Å². The van der Waals surface area contributed by atoms with E-state index in [0.717, 1.165) is 19.3 Å². The van der Waals surface area contributed by atoms with Crippen LogP contribution in [0.3, 0.4) is 0 Å². The topological polar surface area (TPSA) is 54.4 Å². The summed E-state index contributed by atoms with van der Waals surface area (Å²) in [5.41, 5.74) is 0.963. The first kappa shape index (κ1) is 26.1. The fraction of sp³-hybridized carbons (Fsp3) is 0.500. The quantitative estimate of drug-likeness (QED) is 0.117. The third-order valence-electron chi connectivity index (χ3n) is 6.58. The smallest absolute Gasteiger partial charge is 0.192 e. The normalized spacial score (nSPS) is 20.8. The van der Waals surface area contributed by atoms with Gasteiger partial charge < -0.3 is 5.11 Å². The molecule has 1 aliphatic carbocycles. The molecule has 0 radical (unpaired) electrons. The number of aliphatic hydroxyl groups is 1. The summed E-state index contributed by atoms with van der Waals surface area (Å²) in [6.07, 6.45) is 8.29. The maximum absolute atomic E-state index is 12.9. The number of benzene rings is 1. The highest BCUT2D eigenvalue weighted by Gasteiger charge is 2.45. The van der Waals surface area contributed by atoms with Crippen LogP contribution in [0.15, 0.2) is 36.4 Å². The van der Waals surface area contributed by atoms with Crippen LogP contribution in [0.2, 0.25) is 0 Å². The van der Waals surface area contributed by atoms with Gasteiger partial charge in [0.05, 0.1) is 6.10 Å². The Labute approximate surface area is 215 Å². The van der Waals surface area contributed by atoms with Crippen LogP contribution in [-0.2, 0) is 16.0 Å². The molecule has 33 heavy (non-hydrogen) atoms. The lowest BCUT2D eigenvalue weighted by atomic mass is 9.88. The molecule has 1 aliphatic rings. The van der Waals surface area contributed by atoms with Gasteiger partial charge in [-0.1, -0.05) is 44.2 Å². The Morgan fingerprint density at radius 1 is 1.33 bits per heavy atom. The van der Waals surface area contributed by atoms with E-state index in [2.05, 4.69) is 49.1 Å². The third-order valence-corrected chi connectivity index (χ3v) is 8.45. The van der Waals surface area contributed by atoms with Crippen LogP contribution < -0.4 is 0 Å². The molecule has 5 heteroatoms. The van der Waals surface area contributed by atoms with Crippen molar-refractivity contribution in [3.05, 3.63) is 46.9 Å². The molecule has 176 valence electrons. The van der Waals surface area contributed by atoms with Crippen molar-refractivity contribution in [3.8, 4) is 11.8 Å². The number of aryl methyl sites for hydroxylation is 2. The molecule has 1 aromatic heterocycles. The molecule has 0 aliphatic heterocycles. The van der Waals surface area contributed by atoms with Crippen LogP contribution in [0.1, 0.15) is 62.8 Å². The molecule has 3 atom stereocenters. The molecule has 0 saturated heterocycles. The number of thiophene rings is 1. The Hall–Kier alpha value is -1.49. The lowest BCUT2D eigenvalue weighted by molar-refractivity contribution is -0.127. The number of carbonyl (C=O) groups is 2. The molecule has 3 rings (SSSR count). The largest absolute Gasteiger partial charge is 0.389 e. The van der Waals surface area contributed by atoms with E-state index in [1.165, 1.54) is 20.5 Å². The number of allylic oxidation sites excluding steroid dienone is 1. The van der Waals surface area contributed by atoms with Gasteiger partial charge in [-0.25, -0.2) is 0 Å². The summed E-state index contributed by atoms with van der Waals surface area (Å²) in [5.74, 6) is 6.56. The summed E-state index contributed by atoms with van der Waals surface area (Å²) in [4.78, 5) is 25.3. The van der Waals surface area contributed by atoms with Crippen LogP contribution in [0.25, 0.3) is 10.1 Å². The Bertz CT molecular complexity index is 1090. The van der Waals surface area contributed by atoms with Crippen molar-refractivity contribution in [2.75, 3.05) is 0 Å². The summed E-state index contributed by atoms with van der Waals surface area (Å²) < 4.78 is 1.46. The predicted octanol–water partition coefficient (Wildman–Crippen LogP) is 6.82. The first-order valence-electron chi connectivity index (χ1n) is 11.7. The van der Waals surface area contributed by atoms with Crippen molar-refractivity contribution in [1.82, 2.24) is 0 Å². The molecule has 0 spiro atoms. The molecule has 1 fully saturated rings. The lowest BCUT2D eigenvalue weighted by Crippen LogP contribution is -2.22. The van der Waals surface area contributed by atoms with Gasteiger partial charge in [0.25, 0.3) is 0 Å². The van der Waals surface area contributed by atoms with Crippen molar-refractivity contribution in [2.24, 2.45) is 17.3 Å². The molecule has 3 nitrogen and oxygen atoms in total. The van der Waals surface area contributed by atoms with Gasteiger partial charge in [-0.3, -0.25) is 9.59 Å². The first-order valence-corrected chi connectivity index (χ1v) is 13.6. The Balaban J connectivity index is 1.57. The molecular formula is C28H33IO3S. The number of carbonyl (C=O) groups excluding carboxylic acids is 2. The number of ketones is 1. The maximum Gasteiger partial charge on any atom is 0.192 e. The fourth-order valence-corrected chi connectivity index (χ4v) is 6.28. The standard InChI is InChI=1S/C28H33IO3S/c1-19-22-10-8-9-12-25(22)33-24(19)17-16-21(30)15-14-20-18-28(2,3)27(32)23(20)11-6-4-5-7-13-26(29)31/h8-10,12,14-15,20-21,23,30H,5,7,11,13,16-18H2,1-3H3/b15-14+/t20?,21?,23-/m1/s1. The van der Waals surface area contributed by atoms with Crippen LogP contribution >= 0.6 is 33.9 Å². The highest BCUT2D eigenvalue weighted by Crippen LogP contribution is 2.44. The van der Waals surface area contributed by atoms with Gasteiger partial charge in [0.1, 0.15) is 5.78 Å². The second-order valence-electron chi connectivity index (χ2n) is 9.63. The molecule has 1 saturated carbocycles. The highest BCUT2D eigenvalue weighted by molar-refractivity contribution is 14.1. The zero-order valence-corrected chi connectivity index (χ0v) is 22.7. The van der Waals surface area contributed by atoms with Crippen molar-refractivity contribution < 1.29 is 14.7 Å². The SMILES string of the molecule is Cc1c(CCC(O)/C=C/C2CC(C)(C)C(=O)[C@@H]2CC#CCCCC(=O)I)sc2ccccc12. The molecule has 2 unspecified atom stereocenters. The van der Waals surface area contributed by atoms with Gasteiger partial charge in [0.15, 0.2) is 3.79 Å². The van der Waals surface area contributed by atoms with Crippen molar-refractivity contribution in [2.45, 2.75) is 71.8 Å². The molecule has 0 amide bonds. The van der Waals surface area contributed by atoms with E-state index in [9.17, 15) is 14.7 Å². The number of Topliss-reactive ketones (excluding diaryl/α,β-unsaturated/α-hetero) is 1. The summed E-state index contributed by atoms with van der Waals surface area (Å²) >= 11 is 3.62. The average Bonchev–Trinajstić information content (AvgIpc) is 3.20. The maximum atomic E-state index is 12.9. The van der Waals surface area contributed by atoms with E-state index in [1.807, 2.05) is 53.9 Å². The molecule has 2 aromatic rings. The number of halogens is 1. The van der Waals surface area contributed by atoms with Crippen molar-refractivity contribution >= 4 is 53.6 Å². The minimum Gasteiger partial charge on any atom is -0.389 e. The van der Waals surface area contributed by atoms with E-state index >= 15 is 0 Å². The van der Waals surface area contributed by atoms with Crippen LogP contribution in [0.4, 0.5) is 0 Å². The number of unbranched alkanes of at least 4 members (excludes halogenated alkanes) is 1. The molecular weight excluding hydrogens is 543 g/mol. The number of aliphatic hydroxyl groups excluding tert-OH is 1. The van der Waals surface area contributed by atoms with E-state index < -0.39 is 6.10 Å². The van der Waals surface area contributed by atoms with E-state index in [1.54, 1.807) is 0 Å².